The van der Waals surface area contributed by atoms with Gasteiger partial charge in [-0.05, 0) is 73.0 Å². The van der Waals surface area contributed by atoms with Crippen LogP contribution in [0.5, 0.6) is 5.75 Å². The predicted molar refractivity (Wildman–Crippen MR) is 139 cm³/mol. The van der Waals surface area contributed by atoms with Gasteiger partial charge in [-0.2, -0.15) is 0 Å². The van der Waals surface area contributed by atoms with Gasteiger partial charge in [-0.15, -0.1) is 0 Å². The van der Waals surface area contributed by atoms with Gasteiger partial charge in [0.25, 0.3) is 11.1 Å². The molecule has 1 heterocycles. The lowest BCUT2D eigenvalue weighted by Crippen LogP contribution is -2.36. The molecule has 0 saturated carbocycles. The van der Waals surface area contributed by atoms with E-state index in [0.29, 0.717) is 18.0 Å². The summed E-state index contributed by atoms with van der Waals surface area (Å²) >= 11 is 0.832. The lowest BCUT2D eigenvalue weighted by molar-refractivity contribution is -0.127. The van der Waals surface area contributed by atoms with E-state index in [2.05, 4.69) is 5.32 Å². The van der Waals surface area contributed by atoms with Gasteiger partial charge in [0.2, 0.25) is 5.91 Å². The second kappa shape index (κ2) is 10.6. The van der Waals surface area contributed by atoms with E-state index < -0.39 is 17.1 Å². The Balaban J connectivity index is 1.38. The van der Waals surface area contributed by atoms with Gasteiger partial charge >= 0.3 is 0 Å². The fourth-order valence-corrected chi connectivity index (χ4v) is 4.73. The molecule has 35 heavy (non-hydrogen) atoms. The number of hydrogen-bond acceptors (Lipinski definition) is 5. The van der Waals surface area contributed by atoms with Crippen LogP contribution < -0.4 is 10.1 Å². The molecular weight excluding hydrogens is 460 g/mol. The number of anilines is 1. The Labute approximate surface area is 209 Å². The molecule has 1 fully saturated rings. The van der Waals surface area contributed by atoms with E-state index in [1.165, 1.54) is 0 Å². The molecular formula is C28H26N2O4S. The third-order valence-corrected chi connectivity index (χ3v) is 6.45. The number of carbonyl (C=O) groups is 3. The summed E-state index contributed by atoms with van der Waals surface area (Å²) in [5, 5.41) is 2.38. The average Bonchev–Trinajstić information content (AvgIpc) is 3.09. The molecule has 0 bridgehead atoms. The highest BCUT2D eigenvalue weighted by molar-refractivity contribution is 8.18. The number of benzene rings is 3. The highest BCUT2D eigenvalue weighted by atomic mass is 32.2. The van der Waals surface area contributed by atoms with Gasteiger partial charge < -0.3 is 10.1 Å². The summed E-state index contributed by atoms with van der Waals surface area (Å²) < 4.78 is 5.79. The number of hydrogen-bond donors (Lipinski definition) is 1. The molecule has 3 aromatic carbocycles. The first kappa shape index (κ1) is 24.3. The number of nitrogens with zero attached hydrogens (tertiary/aromatic N) is 1. The first-order valence-electron chi connectivity index (χ1n) is 11.2. The molecule has 1 saturated heterocycles. The molecule has 3 aromatic rings. The van der Waals surface area contributed by atoms with Gasteiger partial charge in [-0.3, -0.25) is 19.3 Å². The maximum atomic E-state index is 12.8. The lowest BCUT2D eigenvalue weighted by atomic mass is 10.1. The summed E-state index contributed by atoms with van der Waals surface area (Å²) in [5.74, 6) is -0.183. The van der Waals surface area contributed by atoms with Crippen LogP contribution in [0.25, 0.3) is 6.08 Å². The Morgan fingerprint density at radius 3 is 2.29 bits per heavy atom. The monoisotopic (exact) mass is 486 g/mol. The van der Waals surface area contributed by atoms with Crippen LogP contribution in [0.2, 0.25) is 0 Å². The van der Waals surface area contributed by atoms with Crippen molar-refractivity contribution < 1.29 is 19.1 Å². The molecule has 6 nitrogen and oxygen atoms in total. The molecule has 0 aromatic heterocycles. The molecule has 178 valence electrons. The maximum absolute atomic E-state index is 12.8. The minimum absolute atomic E-state index is 0.281. The van der Waals surface area contributed by atoms with Crippen LogP contribution in [-0.4, -0.2) is 28.5 Å². The van der Waals surface area contributed by atoms with Crippen LogP contribution in [-0.2, 0) is 16.2 Å². The minimum atomic E-state index is -0.475. The molecule has 0 unspecified atom stereocenters. The predicted octanol–water partition coefficient (Wildman–Crippen LogP) is 5.87. The first-order chi connectivity index (χ1) is 16.8. The maximum Gasteiger partial charge on any atom is 0.294 e. The first-order valence-corrected chi connectivity index (χ1v) is 12.0. The van der Waals surface area contributed by atoms with Crippen molar-refractivity contribution in [1.29, 1.82) is 0 Å². The zero-order valence-electron chi connectivity index (χ0n) is 19.8. The number of ether oxygens (including phenoxy) is 1. The average molecular weight is 487 g/mol. The van der Waals surface area contributed by atoms with Gasteiger partial charge in [0.15, 0.2) is 0 Å². The highest BCUT2D eigenvalue weighted by Gasteiger charge is 2.36. The zero-order chi connectivity index (χ0) is 24.9. The van der Waals surface area contributed by atoms with E-state index >= 15 is 0 Å². The van der Waals surface area contributed by atoms with Crippen molar-refractivity contribution >= 4 is 40.6 Å². The Morgan fingerprint density at radius 2 is 1.63 bits per heavy atom. The Morgan fingerprint density at radius 1 is 0.971 bits per heavy atom. The number of nitrogens with one attached hydrogen (secondary N) is 1. The van der Waals surface area contributed by atoms with Crippen molar-refractivity contribution in [2.45, 2.75) is 27.4 Å². The quantitative estimate of drug-likeness (QED) is 0.423. The number of aryl methyl sites for hydroxylation is 3. The lowest BCUT2D eigenvalue weighted by Gasteiger charge is -2.15. The van der Waals surface area contributed by atoms with E-state index in [1.807, 2.05) is 87.5 Å². The SMILES string of the molecule is Cc1cc(C)c(NC(=O)CN2C(=O)S/C(=C/c3ccc(OCc4ccccc4)cc3)C2=O)c(C)c1. The van der Waals surface area contributed by atoms with Crippen LogP contribution in [0.3, 0.4) is 0 Å². The molecule has 3 amide bonds. The zero-order valence-corrected chi connectivity index (χ0v) is 20.6. The number of amides is 3. The van der Waals surface area contributed by atoms with Crippen LogP contribution in [0.15, 0.2) is 71.6 Å². The van der Waals surface area contributed by atoms with Gasteiger partial charge in [-0.1, -0.05) is 60.2 Å². The molecule has 1 aliphatic rings. The highest BCUT2D eigenvalue weighted by Crippen LogP contribution is 2.32. The molecule has 0 aliphatic carbocycles. The minimum Gasteiger partial charge on any atom is -0.489 e. The van der Waals surface area contributed by atoms with E-state index in [9.17, 15) is 14.4 Å². The van der Waals surface area contributed by atoms with Crippen molar-refractivity contribution in [1.82, 2.24) is 4.90 Å². The van der Waals surface area contributed by atoms with E-state index in [-0.39, 0.29) is 11.4 Å². The Hall–Kier alpha value is -3.84. The Bertz CT molecular complexity index is 1280. The standard InChI is InChI=1S/C28H26N2O4S/c1-18-13-19(2)26(20(3)14-18)29-25(31)16-30-27(32)24(35-28(30)33)15-21-9-11-23(12-10-21)34-17-22-7-5-4-6-8-22/h4-15H,16-17H2,1-3H3,(H,29,31)/b24-15+. The van der Waals surface area contributed by atoms with E-state index in [1.54, 1.807) is 6.08 Å². The smallest absolute Gasteiger partial charge is 0.294 e. The number of thioether (sulfide) groups is 1. The normalized spacial score (nSPS) is 14.5. The third-order valence-electron chi connectivity index (χ3n) is 5.54. The summed E-state index contributed by atoms with van der Waals surface area (Å²) in [6.45, 7) is 5.94. The third kappa shape index (κ3) is 6.00. The van der Waals surface area contributed by atoms with Gasteiger partial charge in [0.05, 0.1) is 4.91 Å². The molecule has 0 spiro atoms. The van der Waals surface area contributed by atoms with Gasteiger partial charge in [-0.25, -0.2) is 0 Å². The van der Waals surface area contributed by atoms with Crippen LogP contribution in [0.1, 0.15) is 27.8 Å². The number of rotatable bonds is 7. The summed E-state index contributed by atoms with van der Waals surface area (Å²) in [5.41, 5.74) is 5.50. The topological polar surface area (TPSA) is 75.7 Å². The molecule has 0 atom stereocenters. The molecule has 1 N–H and O–H groups in total. The van der Waals surface area contributed by atoms with E-state index in [0.717, 1.165) is 44.5 Å². The fraction of sp³-hybridized carbons (Fsp3) is 0.179. The van der Waals surface area contributed by atoms with Crippen molar-refractivity contribution in [2.75, 3.05) is 11.9 Å². The molecule has 4 rings (SSSR count). The molecule has 7 heteroatoms. The van der Waals surface area contributed by atoms with Crippen LogP contribution >= 0.6 is 11.8 Å². The van der Waals surface area contributed by atoms with Crippen molar-refractivity contribution in [3.63, 3.8) is 0 Å². The summed E-state index contributed by atoms with van der Waals surface area (Å²) in [6.07, 6.45) is 1.65. The Kier molecular flexibility index (Phi) is 7.36. The number of carbonyl (C=O) groups excluding carboxylic acids is 3. The van der Waals surface area contributed by atoms with Crippen molar-refractivity contribution in [3.05, 3.63) is 99.5 Å². The second-order valence-corrected chi connectivity index (χ2v) is 9.43. The largest absolute Gasteiger partial charge is 0.489 e. The van der Waals surface area contributed by atoms with Crippen molar-refractivity contribution in [3.8, 4) is 5.75 Å². The summed E-state index contributed by atoms with van der Waals surface area (Å²) in [7, 11) is 0. The molecule has 1 aliphatic heterocycles. The van der Waals surface area contributed by atoms with Crippen LogP contribution in [0, 0.1) is 20.8 Å². The van der Waals surface area contributed by atoms with Crippen LogP contribution in [0.4, 0.5) is 10.5 Å². The summed E-state index contributed by atoms with van der Waals surface area (Å²) in [4.78, 5) is 39.1. The van der Waals surface area contributed by atoms with Gasteiger partial charge in [0.1, 0.15) is 18.9 Å². The van der Waals surface area contributed by atoms with E-state index in [4.69, 9.17) is 4.74 Å². The van der Waals surface area contributed by atoms with Gasteiger partial charge in [0, 0.05) is 5.69 Å². The second-order valence-electron chi connectivity index (χ2n) is 8.43. The molecule has 0 radical (unpaired) electrons. The number of imide groups is 1. The fourth-order valence-electron chi connectivity index (χ4n) is 3.89. The summed E-state index contributed by atoms with van der Waals surface area (Å²) in [6, 6.07) is 21.1. The van der Waals surface area contributed by atoms with Crippen molar-refractivity contribution in [2.24, 2.45) is 0 Å².